The molecule has 3 atom stereocenters. The Labute approximate surface area is 185 Å². The zero-order valence-electron chi connectivity index (χ0n) is 16.6. The van der Waals surface area contributed by atoms with Gasteiger partial charge in [0.05, 0.1) is 12.1 Å². The van der Waals surface area contributed by atoms with E-state index >= 15 is 0 Å². The van der Waals surface area contributed by atoms with Crippen LogP contribution in [0.15, 0.2) is 42.5 Å². The molecule has 2 aromatic carbocycles. The van der Waals surface area contributed by atoms with Crippen LogP contribution in [0.2, 0.25) is 5.02 Å². The average molecular weight is 444 g/mol. The van der Waals surface area contributed by atoms with Crippen LogP contribution in [-0.4, -0.2) is 43.6 Å². The summed E-state index contributed by atoms with van der Waals surface area (Å²) in [5.41, 5.74) is 4.18. The van der Waals surface area contributed by atoms with Gasteiger partial charge in [-0.1, -0.05) is 41.9 Å². The van der Waals surface area contributed by atoms with E-state index in [1.54, 1.807) is 7.11 Å². The summed E-state index contributed by atoms with van der Waals surface area (Å²) in [6.45, 7) is 6.71. The monoisotopic (exact) mass is 442 g/mol. The lowest BCUT2D eigenvalue weighted by atomic mass is 9.88. The molecule has 2 saturated heterocycles. The predicted molar refractivity (Wildman–Crippen MR) is 121 cm³/mol. The molecular formula is C22H29Cl3N2O. The van der Waals surface area contributed by atoms with E-state index in [1.165, 1.54) is 29.8 Å². The number of rotatable bonds is 4. The van der Waals surface area contributed by atoms with Crippen LogP contribution >= 0.6 is 36.4 Å². The van der Waals surface area contributed by atoms with E-state index in [0.29, 0.717) is 17.0 Å². The standard InChI is InChI=1S/C22H27ClN2O.2ClH/c1-15-6-4-5-7-18(15)22-19-14-25(13-17(19)12-24(22)2)11-16-8-9-20(23)21(10-16)26-3;;/h4-10,17,19,22H,11-14H2,1-3H3;2*1H/t17-,19+,22+;;/m0../s1. The molecule has 0 radical (unpaired) electrons. The normalized spacial score (nSPS) is 24.4. The molecule has 0 bridgehead atoms. The van der Waals surface area contributed by atoms with Crippen molar-refractivity contribution in [2.24, 2.45) is 11.8 Å². The number of halogens is 3. The molecule has 2 aliphatic heterocycles. The van der Waals surface area contributed by atoms with Crippen molar-refractivity contribution >= 4 is 36.4 Å². The number of aryl methyl sites for hydroxylation is 1. The van der Waals surface area contributed by atoms with Crippen molar-refractivity contribution in [3.05, 3.63) is 64.2 Å². The topological polar surface area (TPSA) is 15.7 Å². The highest BCUT2D eigenvalue weighted by molar-refractivity contribution is 6.32. The van der Waals surface area contributed by atoms with Crippen LogP contribution in [0.3, 0.4) is 0 Å². The molecule has 2 aliphatic rings. The molecule has 4 rings (SSSR count). The lowest BCUT2D eigenvalue weighted by Crippen LogP contribution is -2.29. The second kappa shape index (κ2) is 9.69. The van der Waals surface area contributed by atoms with Gasteiger partial charge in [-0.25, -0.2) is 0 Å². The Morgan fingerprint density at radius 2 is 1.82 bits per heavy atom. The van der Waals surface area contributed by atoms with Crippen LogP contribution in [-0.2, 0) is 6.54 Å². The van der Waals surface area contributed by atoms with E-state index in [-0.39, 0.29) is 24.8 Å². The summed E-state index contributed by atoms with van der Waals surface area (Å²) in [4.78, 5) is 5.15. The zero-order valence-corrected chi connectivity index (χ0v) is 19.0. The van der Waals surface area contributed by atoms with Crippen molar-refractivity contribution in [1.82, 2.24) is 9.80 Å². The van der Waals surface area contributed by atoms with E-state index in [0.717, 1.165) is 24.8 Å². The van der Waals surface area contributed by atoms with Gasteiger partial charge in [0.1, 0.15) is 5.75 Å². The van der Waals surface area contributed by atoms with Crippen LogP contribution in [0.4, 0.5) is 0 Å². The second-order valence-corrected chi connectivity index (χ2v) is 8.24. The van der Waals surface area contributed by atoms with Gasteiger partial charge < -0.3 is 4.74 Å². The van der Waals surface area contributed by atoms with E-state index < -0.39 is 0 Å². The number of hydrogen-bond acceptors (Lipinski definition) is 3. The van der Waals surface area contributed by atoms with Gasteiger partial charge in [0.25, 0.3) is 0 Å². The summed E-state index contributed by atoms with van der Waals surface area (Å²) >= 11 is 6.16. The minimum atomic E-state index is 0. The molecule has 0 N–H and O–H groups in total. The Balaban J connectivity index is 0.00000140. The lowest BCUT2D eigenvalue weighted by molar-refractivity contribution is 0.224. The molecule has 28 heavy (non-hydrogen) atoms. The van der Waals surface area contributed by atoms with Crippen molar-refractivity contribution in [3.63, 3.8) is 0 Å². The highest BCUT2D eigenvalue weighted by atomic mass is 35.5. The van der Waals surface area contributed by atoms with E-state index in [2.05, 4.69) is 60.2 Å². The fraction of sp³-hybridized carbons (Fsp3) is 0.455. The van der Waals surface area contributed by atoms with Gasteiger partial charge in [0.15, 0.2) is 0 Å². The highest BCUT2D eigenvalue weighted by Gasteiger charge is 2.46. The fourth-order valence-corrected chi connectivity index (χ4v) is 5.12. The molecular weight excluding hydrogens is 415 g/mol. The molecule has 2 fully saturated rings. The number of ether oxygens (including phenoxy) is 1. The molecule has 3 nitrogen and oxygen atoms in total. The van der Waals surface area contributed by atoms with Crippen LogP contribution in [0.1, 0.15) is 22.7 Å². The van der Waals surface area contributed by atoms with Crippen molar-refractivity contribution < 1.29 is 4.74 Å². The van der Waals surface area contributed by atoms with Crippen molar-refractivity contribution in [2.75, 3.05) is 33.8 Å². The molecule has 0 amide bonds. The minimum Gasteiger partial charge on any atom is -0.495 e. The third kappa shape index (κ3) is 4.44. The van der Waals surface area contributed by atoms with Crippen LogP contribution in [0.5, 0.6) is 5.75 Å². The molecule has 0 aromatic heterocycles. The third-order valence-corrected chi connectivity index (χ3v) is 6.41. The minimum absolute atomic E-state index is 0. The first kappa shape index (κ1) is 23.3. The molecule has 6 heteroatoms. The summed E-state index contributed by atoms with van der Waals surface area (Å²) in [5, 5.41) is 0.677. The summed E-state index contributed by atoms with van der Waals surface area (Å²) < 4.78 is 5.37. The molecule has 0 spiro atoms. The molecule has 0 unspecified atom stereocenters. The number of likely N-dealkylation sites (tertiary alicyclic amines) is 2. The first-order valence-electron chi connectivity index (χ1n) is 9.37. The van der Waals surface area contributed by atoms with Gasteiger partial charge in [0.2, 0.25) is 0 Å². The maximum absolute atomic E-state index is 6.16. The summed E-state index contributed by atoms with van der Waals surface area (Å²) in [7, 11) is 3.96. The van der Waals surface area contributed by atoms with Crippen molar-refractivity contribution in [1.29, 1.82) is 0 Å². The lowest BCUT2D eigenvalue weighted by Gasteiger charge is -2.28. The molecule has 0 saturated carbocycles. The molecule has 2 aromatic rings. The Kier molecular flexibility index (Phi) is 8.06. The van der Waals surface area contributed by atoms with Crippen LogP contribution < -0.4 is 4.74 Å². The summed E-state index contributed by atoms with van der Waals surface area (Å²) in [5.74, 6) is 2.22. The summed E-state index contributed by atoms with van der Waals surface area (Å²) in [6, 6.07) is 15.5. The molecule has 2 heterocycles. The Morgan fingerprint density at radius 1 is 1.07 bits per heavy atom. The van der Waals surface area contributed by atoms with Gasteiger partial charge in [-0.15, -0.1) is 24.8 Å². The number of nitrogens with zero attached hydrogens (tertiary/aromatic N) is 2. The number of fused-ring (bicyclic) bond motifs is 1. The third-order valence-electron chi connectivity index (χ3n) is 6.10. The van der Waals surface area contributed by atoms with Gasteiger partial charge in [0, 0.05) is 32.2 Å². The van der Waals surface area contributed by atoms with Crippen LogP contribution in [0, 0.1) is 18.8 Å². The number of benzene rings is 2. The number of methoxy groups -OCH3 is 1. The zero-order chi connectivity index (χ0) is 18.3. The maximum Gasteiger partial charge on any atom is 0.137 e. The first-order chi connectivity index (χ1) is 12.6. The molecule has 0 aliphatic carbocycles. The molecule has 154 valence electrons. The average Bonchev–Trinajstić information content (AvgIpc) is 3.13. The smallest absolute Gasteiger partial charge is 0.137 e. The van der Waals surface area contributed by atoms with Crippen molar-refractivity contribution in [3.8, 4) is 5.75 Å². The van der Waals surface area contributed by atoms with Gasteiger partial charge >= 0.3 is 0 Å². The predicted octanol–water partition coefficient (Wildman–Crippen LogP) is 5.24. The Morgan fingerprint density at radius 3 is 2.54 bits per heavy atom. The van der Waals surface area contributed by atoms with Crippen LogP contribution in [0.25, 0.3) is 0 Å². The van der Waals surface area contributed by atoms with Gasteiger partial charge in [-0.3, -0.25) is 9.80 Å². The van der Waals surface area contributed by atoms with E-state index in [9.17, 15) is 0 Å². The van der Waals surface area contributed by atoms with Gasteiger partial charge in [-0.05, 0) is 54.6 Å². The van der Waals surface area contributed by atoms with Gasteiger partial charge in [-0.2, -0.15) is 0 Å². The van der Waals surface area contributed by atoms with Crippen molar-refractivity contribution in [2.45, 2.75) is 19.5 Å². The largest absolute Gasteiger partial charge is 0.495 e. The number of hydrogen-bond donors (Lipinski definition) is 0. The highest BCUT2D eigenvalue weighted by Crippen LogP contribution is 2.45. The fourth-order valence-electron chi connectivity index (χ4n) is 4.93. The summed E-state index contributed by atoms with van der Waals surface area (Å²) in [6.07, 6.45) is 0. The van der Waals surface area contributed by atoms with E-state index in [1.807, 2.05) is 6.07 Å². The first-order valence-corrected chi connectivity index (χ1v) is 9.75. The quantitative estimate of drug-likeness (QED) is 0.643. The SMILES string of the molecule is COc1cc(CN2C[C@@H]3CN(C)[C@H](c4ccccc4C)[C@@H]3C2)ccc1Cl.Cl.Cl. The van der Waals surface area contributed by atoms with E-state index in [4.69, 9.17) is 16.3 Å². The maximum atomic E-state index is 6.16. The second-order valence-electron chi connectivity index (χ2n) is 7.83. The Hall–Kier alpha value is -0.970. The Bertz CT molecular complexity index is 801.